The van der Waals surface area contributed by atoms with Gasteiger partial charge in [0.2, 0.25) is 0 Å². The third-order valence-corrected chi connectivity index (χ3v) is 4.43. The van der Waals surface area contributed by atoms with Gasteiger partial charge in [-0.15, -0.1) is 0 Å². The third kappa shape index (κ3) is 2.85. The zero-order valence-corrected chi connectivity index (χ0v) is 13.8. The van der Waals surface area contributed by atoms with Crippen LogP contribution in [0.15, 0.2) is 36.9 Å². The number of β-amino-alcohol motifs (C(OH)–C–C–N with tert-alkyl or cyclic N) is 1. The number of fused-ring (bicyclic) bond motifs is 1. The molecular weight excluding hydrogens is 322 g/mol. The van der Waals surface area contributed by atoms with Crippen LogP contribution >= 0.6 is 0 Å². The highest BCUT2D eigenvalue weighted by atomic mass is 16.5. The van der Waals surface area contributed by atoms with Gasteiger partial charge in [-0.1, -0.05) is 0 Å². The van der Waals surface area contributed by atoms with Gasteiger partial charge in [-0.3, -0.25) is 9.48 Å². The van der Waals surface area contributed by atoms with Crippen molar-refractivity contribution in [1.82, 2.24) is 24.6 Å². The number of carbonyl (C=O) groups is 1. The maximum Gasteiger partial charge on any atom is 0.256 e. The van der Waals surface area contributed by atoms with Crippen molar-refractivity contribution in [3.05, 3.63) is 42.5 Å². The van der Waals surface area contributed by atoms with Crippen LogP contribution in [-0.4, -0.2) is 61.0 Å². The average Bonchev–Trinajstić information content (AvgIpc) is 3.33. The first-order valence-corrected chi connectivity index (χ1v) is 8.24. The van der Waals surface area contributed by atoms with E-state index in [1.807, 2.05) is 13.0 Å². The lowest BCUT2D eigenvalue weighted by molar-refractivity contribution is 0.0729. The minimum absolute atomic E-state index is 0.145. The summed E-state index contributed by atoms with van der Waals surface area (Å²) in [5, 5.41) is 15.2. The van der Waals surface area contributed by atoms with Crippen LogP contribution in [-0.2, 0) is 6.54 Å². The summed E-state index contributed by atoms with van der Waals surface area (Å²) in [5.41, 5.74) is 1.22. The molecule has 1 aliphatic heterocycles. The summed E-state index contributed by atoms with van der Waals surface area (Å²) in [6.45, 7) is 3.29. The quantitative estimate of drug-likeness (QED) is 0.739. The molecule has 25 heavy (non-hydrogen) atoms. The molecule has 1 fully saturated rings. The maximum absolute atomic E-state index is 12.8. The lowest BCUT2D eigenvalue weighted by Gasteiger charge is -2.16. The van der Waals surface area contributed by atoms with E-state index in [4.69, 9.17) is 4.74 Å². The Labute approximate surface area is 144 Å². The molecule has 2 N–H and O–H groups in total. The number of ether oxygens (including phenoxy) is 1. The fourth-order valence-corrected chi connectivity index (χ4v) is 3.09. The van der Waals surface area contributed by atoms with Gasteiger partial charge in [0.25, 0.3) is 5.91 Å². The highest BCUT2D eigenvalue weighted by Gasteiger charge is 2.36. The van der Waals surface area contributed by atoms with Gasteiger partial charge in [0.1, 0.15) is 17.9 Å². The van der Waals surface area contributed by atoms with E-state index < -0.39 is 12.2 Å². The summed E-state index contributed by atoms with van der Waals surface area (Å²) in [6.07, 6.45) is 5.52. The van der Waals surface area contributed by atoms with Crippen LogP contribution in [0, 0.1) is 0 Å². The van der Waals surface area contributed by atoms with Crippen molar-refractivity contribution >= 4 is 16.9 Å². The number of aliphatic hydroxyl groups excluding tert-OH is 1. The summed E-state index contributed by atoms with van der Waals surface area (Å²) >= 11 is 0. The first kappa shape index (κ1) is 15.6. The van der Waals surface area contributed by atoms with Crippen molar-refractivity contribution in [2.24, 2.45) is 0 Å². The maximum atomic E-state index is 12.8. The summed E-state index contributed by atoms with van der Waals surface area (Å²) in [6, 6.07) is 3.65. The Kier molecular flexibility index (Phi) is 3.89. The van der Waals surface area contributed by atoms with Gasteiger partial charge in [0.15, 0.2) is 5.75 Å². The number of hydrogen-bond donors (Lipinski definition) is 2. The molecule has 3 aromatic heterocycles. The monoisotopic (exact) mass is 341 g/mol. The molecule has 0 unspecified atom stereocenters. The van der Waals surface area contributed by atoms with Crippen LogP contribution in [0.25, 0.3) is 11.0 Å². The van der Waals surface area contributed by atoms with Crippen molar-refractivity contribution in [1.29, 1.82) is 0 Å². The number of rotatable bonds is 4. The topological polar surface area (TPSA) is 96.3 Å². The summed E-state index contributed by atoms with van der Waals surface area (Å²) in [4.78, 5) is 21.6. The van der Waals surface area contributed by atoms with E-state index >= 15 is 0 Å². The van der Waals surface area contributed by atoms with Crippen LogP contribution in [0.1, 0.15) is 17.3 Å². The number of amides is 1. The molecule has 1 saturated heterocycles. The average molecular weight is 341 g/mol. The number of nitrogens with zero attached hydrogens (tertiary/aromatic N) is 4. The van der Waals surface area contributed by atoms with E-state index in [2.05, 4.69) is 15.1 Å². The van der Waals surface area contributed by atoms with Gasteiger partial charge in [-0.2, -0.15) is 5.10 Å². The second kappa shape index (κ2) is 6.21. The molecule has 4 heterocycles. The number of likely N-dealkylation sites (tertiary alicyclic amines) is 1. The Bertz CT molecular complexity index is 902. The minimum atomic E-state index is -0.739. The molecule has 1 amide bonds. The molecule has 130 valence electrons. The number of aryl methyl sites for hydroxylation is 1. The molecule has 8 heteroatoms. The van der Waals surface area contributed by atoms with Crippen LogP contribution in [0.5, 0.6) is 5.75 Å². The lowest BCUT2D eigenvalue weighted by Crippen LogP contribution is -2.31. The van der Waals surface area contributed by atoms with Crippen LogP contribution in [0.2, 0.25) is 0 Å². The Hall–Kier alpha value is -2.87. The van der Waals surface area contributed by atoms with Crippen molar-refractivity contribution < 1.29 is 14.6 Å². The zero-order chi connectivity index (χ0) is 17.4. The number of H-pyrrole nitrogens is 1. The second-order valence-electron chi connectivity index (χ2n) is 6.07. The van der Waals surface area contributed by atoms with Crippen LogP contribution in [0.4, 0.5) is 0 Å². The van der Waals surface area contributed by atoms with Crippen molar-refractivity contribution in [2.45, 2.75) is 25.7 Å². The van der Waals surface area contributed by atoms with Gasteiger partial charge in [-0.05, 0) is 19.1 Å². The molecule has 0 spiro atoms. The van der Waals surface area contributed by atoms with Gasteiger partial charge < -0.3 is 19.7 Å². The predicted octanol–water partition coefficient (Wildman–Crippen LogP) is 1.04. The summed E-state index contributed by atoms with van der Waals surface area (Å²) in [7, 11) is 0. The highest BCUT2D eigenvalue weighted by Crippen LogP contribution is 2.23. The standard InChI is InChI=1S/C17H19N5O3/c1-2-22-8-11(6-20-22)25-15-10-21(9-14(15)23)17(24)13-7-19-16-12(13)4-3-5-18-16/h3-8,14-15,23H,2,9-10H2,1H3,(H,18,19)/t14-,15-/m1/s1. The van der Waals surface area contributed by atoms with E-state index in [0.29, 0.717) is 23.5 Å². The Morgan fingerprint density at radius 3 is 3.16 bits per heavy atom. The predicted molar refractivity (Wildman–Crippen MR) is 90.3 cm³/mol. The first-order chi connectivity index (χ1) is 12.2. The first-order valence-electron chi connectivity index (χ1n) is 8.24. The van der Waals surface area contributed by atoms with Crippen LogP contribution in [0.3, 0.4) is 0 Å². The SMILES string of the molecule is CCn1cc(O[C@@H]2CN(C(=O)c3c[nH]c4ncccc34)C[C@H]2O)cn1. The molecule has 1 aliphatic rings. The van der Waals surface area contributed by atoms with Crippen molar-refractivity contribution in [3.8, 4) is 5.75 Å². The van der Waals surface area contributed by atoms with Gasteiger partial charge in [0.05, 0.1) is 31.0 Å². The number of aromatic nitrogens is 4. The summed E-state index contributed by atoms with van der Waals surface area (Å²) < 4.78 is 7.56. The molecular formula is C17H19N5O3. The molecule has 0 saturated carbocycles. The Morgan fingerprint density at radius 2 is 2.36 bits per heavy atom. The molecule has 0 aromatic carbocycles. The number of pyridine rings is 1. The molecule has 3 aromatic rings. The second-order valence-corrected chi connectivity index (χ2v) is 6.07. The van der Waals surface area contributed by atoms with Gasteiger partial charge in [-0.25, -0.2) is 4.98 Å². The highest BCUT2D eigenvalue weighted by molar-refractivity contribution is 6.06. The van der Waals surface area contributed by atoms with Crippen molar-refractivity contribution in [3.63, 3.8) is 0 Å². The number of nitrogens with one attached hydrogen (secondary N) is 1. The van der Waals surface area contributed by atoms with E-state index in [9.17, 15) is 9.90 Å². The molecule has 0 bridgehead atoms. The van der Waals surface area contributed by atoms with E-state index in [0.717, 1.165) is 11.9 Å². The smallest absolute Gasteiger partial charge is 0.256 e. The molecule has 8 nitrogen and oxygen atoms in total. The largest absolute Gasteiger partial charge is 0.482 e. The molecule has 0 aliphatic carbocycles. The number of carbonyl (C=O) groups excluding carboxylic acids is 1. The van der Waals surface area contributed by atoms with E-state index in [1.165, 1.54) is 0 Å². The third-order valence-electron chi connectivity index (χ3n) is 4.43. The fourth-order valence-electron chi connectivity index (χ4n) is 3.09. The number of hydrogen-bond acceptors (Lipinski definition) is 5. The van der Waals surface area contributed by atoms with Crippen LogP contribution < -0.4 is 4.74 Å². The Morgan fingerprint density at radius 1 is 1.48 bits per heavy atom. The normalized spacial score (nSPS) is 20.3. The van der Waals surface area contributed by atoms with Gasteiger partial charge in [0, 0.05) is 24.3 Å². The zero-order valence-electron chi connectivity index (χ0n) is 13.8. The molecule has 0 radical (unpaired) electrons. The number of aliphatic hydroxyl groups is 1. The van der Waals surface area contributed by atoms with Gasteiger partial charge >= 0.3 is 0 Å². The minimum Gasteiger partial charge on any atom is -0.482 e. The molecule has 2 atom stereocenters. The summed E-state index contributed by atoms with van der Waals surface area (Å²) in [5.74, 6) is 0.449. The van der Waals surface area contributed by atoms with Crippen molar-refractivity contribution in [2.75, 3.05) is 13.1 Å². The lowest BCUT2D eigenvalue weighted by atomic mass is 10.2. The number of aromatic amines is 1. The molecule has 4 rings (SSSR count). The van der Waals surface area contributed by atoms with E-state index in [-0.39, 0.29) is 12.5 Å². The van der Waals surface area contributed by atoms with E-state index in [1.54, 1.807) is 40.4 Å². The fraction of sp³-hybridized carbons (Fsp3) is 0.353. The Balaban J connectivity index is 1.49.